The normalized spacial score (nSPS) is 31.6. The van der Waals surface area contributed by atoms with Gasteiger partial charge in [0.25, 0.3) is 0 Å². The van der Waals surface area contributed by atoms with Crippen molar-refractivity contribution in [3.8, 4) is 0 Å². The fourth-order valence-electron chi connectivity index (χ4n) is 2.90. The molecule has 4 heteroatoms. The lowest BCUT2D eigenvalue weighted by Gasteiger charge is -2.19. The van der Waals surface area contributed by atoms with Crippen LogP contribution >= 0.6 is 0 Å². The van der Waals surface area contributed by atoms with Gasteiger partial charge in [-0.05, 0) is 30.9 Å². The summed E-state index contributed by atoms with van der Waals surface area (Å²) in [6.45, 7) is 2.76. The Balaban J connectivity index is 1.58. The van der Waals surface area contributed by atoms with E-state index in [1.54, 1.807) is 4.90 Å². The second kappa shape index (κ2) is 5.09. The molecule has 4 unspecified atom stereocenters. The van der Waals surface area contributed by atoms with Crippen LogP contribution in [0.15, 0.2) is 28.7 Å². The van der Waals surface area contributed by atoms with Crippen LogP contribution in [0.5, 0.6) is 0 Å². The molecule has 1 fully saturated rings. The molecule has 1 aromatic rings. The van der Waals surface area contributed by atoms with E-state index in [-0.39, 0.29) is 17.9 Å². The highest BCUT2D eigenvalue weighted by molar-refractivity contribution is 5.80. The number of hydrogen-bond donors (Lipinski definition) is 1. The maximum absolute atomic E-state index is 12.3. The fourth-order valence-corrected chi connectivity index (χ4v) is 2.90. The van der Waals surface area contributed by atoms with Crippen molar-refractivity contribution in [1.82, 2.24) is 4.90 Å². The van der Waals surface area contributed by atoms with Crippen molar-refractivity contribution in [3.63, 3.8) is 0 Å². The summed E-state index contributed by atoms with van der Waals surface area (Å²) in [4.78, 5) is 14.0. The largest absolute Gasteiger partial charge is 0.464 e. The number of amides is 1. The van der Waals surface area contributed by atoms with Gasteiger partial charge in [0.2, 0.25) is 5.91 Å². The highest BCUT2D eigenvalue weighted by Gasteiger charge is 2.36. The second-order valence-corrected chi connectivity index (χ2v) is 6.21. The smallest absolute Gasteiger partial charge is 0.229 e. The molecule has 2 aliphatic carbocycles. The Morgan fingerprint density at radius 3 is 2.75 bits per heavy atom. The monoisotopic (exact) mass is 274 g/mol. The molecule has 0 aliphatic heterocycles. The van der Waals surface area contributed by atoms with Gasteiger partial charge >= 0.3 is 0 Å². The van der Waals surface area contributed by atoms with Crippen molar-refractivity contribution in [2.45, 2.75) is 38.3 Å². The van der Waals surface area contributed by atoms with Gasteiger partial charge in [0.05, 0.1) is 12.5 Å². The summed E-state index contributed by atoms with van der Waals surface area (Å²) in [5, 5.41) is 0. The van der Waals surface area contributed by atoms with Gasteiger partial charge in [-0.15, -0.1) is 0 Å². The first-order valence-corrected chi connectivity index (χ1v) is 7.32. The summed E-state index contributed by atoms with van der Waals surface area (Å²) >= 11 is 0. The molecule has 0 radical (unpaired) electrons. The minimum absolute atomic E-state index is 0.0175. The van der Waals surface area contributed by atoms with E-state index in [9.17, 15) is 4.79 Å². The molecule has 0 bridgehead atoms. The number of nitrogens with zero attached hydrogens (tertiary/aromatic N) is 1. The maximum Gasteiger partial charge on any atom is 0.229 e. The standard InChI is InChI=1S/C16H22N2O2/c1-10-7-14(10)15-6-5-13(20-15)9-18(2)16(19)11-3-4-12(17)8-11/h3-6,10-12,14H,7-9,17H2,1-2H3. The van der Waals surface area contributed by atoms with Crippen LogP contribution in [0.1, 0.15) is 37.2 Å². The number of hydrogen-bond acceptors (Lipinski definition) is 3. The minimum Gasteiger partial charge on any atom is -0.464 e. The lowest BCUT2D eigenvalue weighted by Crippen LogP contribution is -2.32. The SMILES string of the molecule is CC1CC1c1ccc(CN(C)C(=O)C2C=CC(N)C2)o1. The summed E-state index contributed by atoms with van der Waals surface area (Å²) in [5.74, 6) is 3.29. The highest BCUT2D eigenvalue weighted by Crippen LogP contribution is 2.47. The first kappa shape index (κ1) is 13.4. The van der Waals surface area contributed by atoms with Crippen LogP contribution in [0.2, 0.25) is 0 Å². The summed E-state index contributed by atoms with van der Waals surface area (Å²) < 4.78 is 5.85. The minimum atomic E-state index is -0.0760. The molecule has 3 rings (SSSR count). The highest BCUT2D eigenvalue weighted by atomic mass is 16.3. The zero-order valence-electron chi connectivity index (χ0n) is 12.1. The van der Waals surface area contributed by atoms with Crippen LogP contribution < -0.4 is 5.73 Å². The lowest BCUT2D eigenvalue weighted by atomic mass is 10.1. The predicted octanol–water partition coefficient (Wildman–Crippen LogP) is 2.26. The van der Waals surface area contributed by atoms with Crippen molar-refractivity contribution >= 4 is 5.91 Å². The Bertz CT molecular complexity index is 534. The van der Waals surface area contributed by atoms with Crippen molar-refractivity contribution in [2.75, 3.05) is 7.05 Å². The molecule has 1 heterocycles. The molecular weight excluding hydrogens is 252 g/mol. The Morgan fingerprint density at radius 1 is 1.40 bits per heavy atom. The molecule has 4 nitrogen and oxygen atoms in total. The molecule has 2 aliphatic rings. The summed E-state index contributed by atoms with van der Waals surface area (Å²) in [5.41, 5.74) is 5.80. The fraction of sp³-hybridized carbons (Fsp3) is 0.562. The van der Waals surface area contributed by atoms with Gasteiger partial charge in [0, 0.05) is 19.0 Å². The molecule has 0 aromatic carbocycles. The van der Waals surface area contributed by atoms with Crippen LogP contribution in [0, 0.1) is 11.8 Å². The maximum atomic E-state index is 12.3. The number of carbonyl (C=O) groups is 1. The molecule has 1 amide bonds. The zero-order chi connectivity index (χ0) is 14.3. The van der Waals surface area contributed by atoms with Crippen LogP contribution in [-0.2, 0) is 11.3 Å². The number of rotatable bonds is 4. The number of carbonyl (C=O) groups excluding carboxylic acids is 1. The predicted molar refractivity (Wildman–Crippen MR) is 76.9 cm³/mol. The molecule has 0 saturated heterocycles. The lowest BCUT2D eigenvalue weighted by molar-refractivity contribution is -0.133. The molecule has 20 heavy (non-hydrogen) atoms. The third kappa shape index (κ3) is 2.66. The molecule has 1 saturated carbocycles. The molecule has 108 valence electrons. The first-order chi connectivity index (χ1) is 9.54. The van der Waals surface area contributed by atoms with Crippen LogP contribution in [0.25, 0.3) is 0 Å². The van der Waals surface area contributed by atoms with E-state index < -0.39 is 0 Å². The van der Waals surface area contributed by atoms with Gasteiger partial charge in [0.1, 0.15) is 11.5 Å². The van der Waals surface area contributed by atoms with Gasteiger partial charge in [-0.3, -0.25) is 4.79 Å². The van der Waals surface area contributed by atoms with Crippen LogP contribution in [0.4, 0.5) is 0 Å². The topological polar surface area (TPSA) is 59.5 Å². The summed E-state index contributed by atoms with van der Waals surface area (Å²) in [6, 6.07) is 4.05. The Kier molecular flexibility index (Phi) is 3.42. The van der Waals surface area contributed by atoms with E-state index in [0.29, 0.717) is 18.9 Å². The third-order valence-electron chi connectivity index (χ3n) is 4.36. The summed E-state index contributed by atoms with van der Waals surface area (Å²) in [7, 11) is 1.82. The number of furan rings is 1. The van der Waals surface area contributed by atoms with Crippen molar-refractivity contribution in [3.05, 3.63) is 35.8 Å². The van der Waals surface area contributed by atoms with Gasteiger partial charge in [0.15, 0.2) is 0 Å². The quantitative estimate of drug-likeness (QED) is 0.857. The Labute approximate surface area is 119 Å². The van der Waals surface area contributed by atoms with E-state index in [1.165, 1.54) is 6.42 Å². The molecule has 1 aromatic heterocycles. The van der Waals surface area contributed by atoms with E-state index in [4.69, 9.17) is 10.2 Å². The van der Waals surface area contributed by atoms with E-state index in [0.717, 1.165) is 17.4 Å². The number of nitrogens with two attached hydrogens (primary N) is 1. The molecular formula is C16H22N2O2. The average Bonchev–Trinajstić information content (AvgIpc) is 2.80. The van der Waals surface area contributed by atoms with E-state index >= 15 is 0 Å². The van der Waals surface area contributed by atoms with Gasteiger partial charge in [-0.25, -0.2) is 0 Å². The molecule has 2 N–H and O–H groups in total. The molecule has 0 spiro atoms. The first-order valence-electron chi connectivity index (χ1n) is 7.32. The average molecular weight is 274 g/mol. The van der Waals surface area contributed by atoms with E-state index in [1.807, 2.05) is 31.3 Å². The van der Waals surface area contributed by atoms with Crippen molar-refractivity contribution in [2.24, 2.45) is 17.6 Å². The van der Waals surface area contributed by atoms with E-state index in [2.05, 4.69) is 6.92 Å². The van der Waals surface area contributed by atoms with Crippen molar-refractivity contribution in [1.29, 1.82) is 0 Å². The zero-order valence-corrected chi connectivity index (χ0v) is 12.1. The van der Waals surface area contributed by atoms with Crippen molar-refractivity contribution < 1.29 is 9.21 Å². The van der Waals surface area contributed by atoms with Crippen LogP contribution in [-0.4, -0.2) is 23.9 Å². The van der Waals surface area contributed by atoms with Crippen LogP contribution in [0.3, 0.4) is 0 Å². The Hall–Kier alpha value is -1.55. The Morgan fingerprint density at radius 2 is 2.15 bits per heavy atom. The third-order valence-corrected chi connectivity index (χ3v) is 4.36. The van der Waals surface area contributed by atoms with Gasteiger partial charge in [-0.1, -0.05) is 19.1 Å². The summed E-state index contributed by atoms with van der Waals surface area (Å²) in [6.07, 6.45) is 5.76. The second-order valence-electron chi connectivity index (χ2n) is 6.21. The van der Waals surface area contributed by atoms with Gasteiger partial charge < -0.3 is 15.1 Å². The van der Waals surface area contributed by atoms with Gasteiger partial charge in [-0.2, -0.15) is 0 Å². The molecule has 4 atom stereocenters.